The van der Waals surface area contributed by atoms with Gasteiger partial charge in [-0.3, -0.25) is 4.79 Å². The highest BCUT2D eigenvalue weighted by molar-refractivity contribution is 5.91. The van der Waals surface area contributed by atoms with Gasteiger partial charge in [0.2, 0.25) is 0 Å². The topological polar surface area (TPSA) is 77.0 Å². The number of benzene rings is 4. The molecule has 0 spiro atoms. The van der Waals surface area contributed by atoms with Crippen LogP contribution < -0.4 is 14.9 Å². The molecule has 0 radical (unpaired) electrons. The monoisotopic (exact) mass is 438 g/mol. The van der Waals surface area contributed by atoms with Gasteiger partial charge in [-0.1, -0.05) is 48.0 Å². The molecule has 1 N–H and O–H groups in total. The van der Waals surface area contributed by atoms with Gasteiger partial charge in [-0.15, -0.1) is 0 Å². The van der Waals surface area contributed by atoms with Crippen molar-refractivity contribution in [3.8, 4) is 11.5 Å². The number of aryl methyl sites for hydroxylation is 1. The predicted octanol–water partition coefficient (Wildman–Crippen LogP) is 4.90. The van der Waals surface area contributed by atoms with Crippen molar-refractivity contribution in [2.75, 3.05) is 6.61 Å². The number of hydrogen-bond acceptors (Lipinski definition) is 5. The van der Waals surface area contributed by atoms with Crippen LogP contribution in [0.1, 0.15) is 21.5 Å². The zero-order chi connectivity index (χ0) is 23.0. The summed E-state index contributed by atoms with van der Waals surface area (Å²) in [4.78, 5) is 24.2. The zero-order valence-corrected chi connectivity index (χ0v) is 18.0. The Hall–Kier alpha value is -4.45. The summed E-state index contributed by atoms with van der Waals surface area (Å²) in [5, 5.41) is 6.09. The predicted molar refractivity (Wildman–Crippen MR) is 128 cm³/mol. The van der Waals surface area contributed by atoms with Crippen LogP contribution in [0, 0.1) is 6.92 Å². The highest BCUT2D eigenvalue weighted by atomic mass is 16.5. The first-order valence-electron chi connectivity index (χ1n) is 10.4. The molecule has 0 heterocycles. The minimum Gasteiger partial charge on any atom is -0.484 e. The Kier molecular flexibility index (Phi) is 6.75. The molecule has 0 saturated heterocycles. The van der Waals surface area contributed by atoms with Gasteiger partial charge in [0, 0.05) is 0 Å². The number of fused-ring (bicyclic) bond motifs is 1. The van der Waals surface area contributed by atoms with Gasteiger partial charge in [0.1, 0.15) is 11.5 Å². The first-order valence-corrected chi connectivity index (χ1v) is 10.4. The third-order valence-corrected chi connectivity index (χ3v) is 4.84. The molecule has 4 aromatic rings. The number of hydrogen-bond donors (Lipinski definition) is 1. The SMILES string of the molecule is Cc1cccc(C(=O)Oc2ccc(/C=N\NC(=O)COc3ccc4ccccc4c3)cc2)c1. The number of esters is 1. The van der Waals surface area contributed by atoms with Crippen molar-refractivity contribution in [2.24, 2.45) is 5.10 Å². The summed E-state index contributed by atoms with van der Waals surface area (Å²) in [5.41, 5.74) is 4.65. The van der Waals surface area contributed by atoms with Crippen molar-refractivity contribution in [3.63, 3.8) is 0 Å². The third kappa shape index (κ3) is 6.04. The fraction of sp³-hybridized carbons (Fsp3) is 0.0741. The molecule has 0 saturated carbocycles. The maximum Gasteiger partial charge on any atom is 0.343 e. The van der Waals surface area contributed by atoms with Crippen LogP contribution in [-0.2, 0) is 4.79 Å². The minimum absolute atomic E-state index is 0.149. The quantitative estimate of drug-likeness (QED) is 0.193. The Balaban J connectivity index is 1.25. The third-order valence-electron chi connectivity index (χ3n) is 4.84. The summed E-state index contributed by atoms with van der Waals surface area (Å²) in [7, 11) is 0. The standard InChI is InChI=1S/C27H22N2O4/c1-19-5-4-8-23(15-19)27(31)33-24-12-9-20(10-13-24)17-28-29-26(30)18-32-25-14-11-21-6-2-3-7-22(21)16-25/h2-17H,18H2,1H3,(H,29,30)/b28-17-. The molecule has 4 rings (SSSR count). The van der Waals surface area contributed by atoms with Crippen molar-refractivity contribution >= 4 is 28.9 Å². The van der Waals surface area contributed by atoms with Crippen LogP contribution in [0.5, 0.6) is 11.5 Å². The maximum absolute atomic E-state index is 12.2. The van der Waals surface area contributed by atoms with Crippen LogP contribution in [0.15, 0.2) is 96.1 Å². The molecule has 6 nitrogen and oxygen atoms in total. The molecule has 0 aliphatic heterocycles. The number of carbonyl (C=O) groups is 2. The Bertz CT molecular complexity index is 1310. The molecule has 1 amide bonds. The Morgan fingerprint density at radius 2 is 1.61 bits per heavy atom. The Morgan fingerprint density at radius 3 is 2.39 bits per heavy atom. The van der Waals surface area contributed by atoms with Gasteiger partial charge in [0.05, 0.1) is 11.8 Å². The molecule has 0 bridgehead atoms. The van der Waals surface area contributed by atoms with Crippen molar-refractivity contribution in [1.29, 1.82) is 0 Å². The molecule has 0 aliphatic carbocycles. The summed E-state index contributed by atoms with van der Waals surface area (Å²) >= 11 is 0. The first kappa shape index (κ1) is 21.8. The number of amides is 1. The van der Waals surface area contributed by atoms with Gasteiger partial charge in [0.15, 0.2) is 6.61 Å². The van der Waals surface area contributed by atoms with Crippen LogP contribution in [0.25, 0.3) is 10.8 Å². The Labute approximate surface area is 191 Å². The van der Waals surface area contributed by atoms with Crippen molar-refractivity contribution in [1.82, 2.24) is 5.43 Å². The van der Waals surface area contributed by atoms with E-state index in [-0.39, 0.29) is 12.5 Å². The lowest BCUT2D eigenvalue weighted by Gasteiger charge is -2.06. The highest BCUT2D eigenvalue weighted by Crippen LogP contribution is 2.20. The van der Waals surface area contributed by atoms with Crippen LogP contribution in [0.3, 0.4) is 0 Å². The first-order chi connectivity index (χ1) is 16.1. The molecule has 33 heavy (non-hydrogen) atoms. The number of hydrazone groups is 1. The lowest BCUT2D eigenvalue weighted by molar-refractivity contribution is -0.123. The average Bonchev–Trinajstić information content (AvgIpc) is 2.83. The van der Waals surface area contributed by atoms with E-state index in [4.69, 9.17) is 9.47 Å². The fourth-order valence-corrected chi connectivity index (χ4v) is 3.18. The van der Waals surface area contributed by atoms with E-state index in [1.54, 1.807) is 36.4 Å². The molecule has 6 heteroatoms. The smallest absolute Gasteiger partial charge is 0.343 e. The van der Waals surface area contributed by atoms with Gasteiger partial charge in [0.25, 0.3) is 5.91 Å². The highest BCUT2D eigenvalue weighted by Gasteiger charge is 2.08. The van der Waals surface area contributed by atoms with Crippen molar-refractivity contribution < 1.29 is 19.1 Å². The zero-order valence-electron chi connectivity index (χ0n) is 18.0. The second-order valence-electron chi connectivity index (χ2n) is 7.42. The summed E-state index contributed by atoms with van der Waals surface area (Å²) in [6.07, 6.45) is 1.50. The maximum atomic E-state index is 12.2. The van der Waals surface area contributed by atoms with Gasteiger partial charge in [-0.25, -0.2) is 10.2 Å². The van der Waals surface area contributed by atoms with Gasteiger partial charge >= 0.3 is 5.97 Å². The van der Waals surface area contributed by atoms with E-state index in [1.165, 1.54) is 6.21 Å². The normalized spacial score (nSPS) is 10.8. The molecule has 0 atom stereocenters. The molecule has 164 valence electrons. The van der Waals surface area contributed by atoms with E-state index in [0.29, 0.717) is 17.1 Å². The number of nitrogens with one attached hydrogen (secondary N) is 1. The fourth-order valence-electron chi connectivity index (χ4n) is 3.18. The minimum atomic E-state index is -0.418. The number of carbonyl (C=O) groups excluding carboxylic acids is 2. The van der Waals surface area contributed by atoms with Crippen LogP contribution >= 0.6 is 0 Å². The molecule has 4 aromatic carbocycles. The van der Waals surface area contributed by atoms with Gasteiger partial charge in [-0.2, -0.15) is 5.10 Å². The van der Waals surface area contributed by atoms with E-state index < -0.39 is 5.97 Å². The molecular formula is C27H22N2O4. The molecule has 0 fully saturated rings. The second-order valence-corrected chi connectivity index (χ2v) is 7.42. The Morgan fingerprint density at radius 1 is 0.848 bits per heavy atom. The molecule has 0 aliphatic rings. The number of nitrogens with zero attached hydrogens (tertiary/aromatic N) is 1. The van der Waals surface area contributed by atoms with Crippen LogP contribution in [0.2, 0.25) is 0 Å². The molecule has 0 aromatic heterocycles. The van der Waals surface area contributed by atoms with E-state index in [2.05, 4.69) is 10.5 Å². The number of ether oxygens (including phenoxy) is 2. The van der Waals surface area contributed by atoms with Gasteiger partial charge < -0.3 is 9.47 Å². The summed E-state index contributed by atoms with van der Waals surface area (Å²) in [6, 6.07) is 27.6. The summed E-state index contributed by atoms with van der Waals surface area (Å²) < 4.78 is 10.9. The molecular weight excluding hydrogens is 416 g/mol. The lowest BCUT2D eigenvalue weighted by Crippen LogP contribution is -2.24. The van der Waals surface area contributed by atoms with E-state index in [9.17, 15) is 9.59 Å². The van der Waals surface area contributed by atoms with Crippen LogP contribution in [-0.4, -0.2) is 24.7 Å². The van der Waals surface area contributed by atoms with Crippen molar-refractivity contribution in [2.45, 2.75) is 6.92 Å². The van der Waals surface area contributed by atoms with Crippen molar-refractivity contribution in [3.05, 3.63) is 108 Å². The van der Waals surface area contributed by atoms with E-state index in [1.807, 2.05) is 61.5 Å². The lowest BCUT2D eigenvalue weighted by atomic mass is 10.1. The van der Waals surface area contributed by atoms with E-state index >= 15 is 0 Å². The molecule has 0 unspecified atom stereocenters. The summed E-state index contributed by atoms with van der Waals surface area (Å²) in [5.74, 6) is 0.247. The van der Waals surface area contributed by atoms with E-state index in [0.717, 1.165) is 21.9 Å². The number of rotatable bonds is 7. The second kappa shape index (κ2) is 10.2. The largest absolute Gasteiger partial charge is 0.484 e. The van der Waals surface area contributed by atoms with Crippen LogP contribution in [0.4, 0.5) is 0 Å². The summed E-state index contributed by atoms with van der Waals surface area (Å²) in [6.45, 7) is 1.77. The average molecular weight is 438 g/mol. The van der Waals surface area contributed by atoms with Gasteiger partial charge in [-0.05, 0) is 71.8 Å².